The van der Waals surface area contributed by atoms with Crippen LogP contribution in [0.4, 0.5) is 11.7 Å². The maximum absolute atomic E-state index is 5.83. The molecule has 5 heteroatoms. The van der Waals surface area contributed by atoms with Gasteiger partial charge in [-0.05, 0) is 31.2 Å². The molecular weight excluding hydrogens is 230 g/mol. The maximum Gasteiger partial charge on any atom is 0.296 e. The number of rotatable bonds is 3. The number of hydrogen-bond donors (Lipinski definition) is 2. The number of para-hydroxylation sites is 1. The van der Waals surface area contributed by atoms with Crippen molar-refractivity contribution in [2.75, 3.05) is 11.1 Å². The number of aromatic nitrogens is 1. The molecule has 2 heterocycles. The van der Waals surface area contributed by atoms with Gasteiger partial charge in [0.25, 0.3) is 6.01 Å². The second-order valence-electron chi connectivity index (χ2n) is 4.09. The average Bonchev–Trinajstić information content (AvgIpc) is 2.97. The van der Waals surface area contributed by atoms with Gasteiger partial charge in [0.05, 0.1) is 18.0 Å². The Morgan fingerprint density at radius 3 is 2.89 bits per heavy atom. The average molecular weight is 243 g/mol. The summed E-state index contributed by atoms with van der Waals surface area (Å²) in [7, 11) is 0. The van der Waals surface area contributed by atoms with E-state index in [1.807, 2.05) is 31.2 Å². The number of hydrogen-bond acceptors (Lipinski definition) is 5. The highest BCUT2D eigenvalue weighted by Crippen LogP contribution is 2.26. The normalized spacial score (nSPS) is 12.7. The molecule has 1 unspecified atom stereocenters. The highest BCUT2D eigenvalue weighted by atomic mass is 16.4. The summed E-state index contributed by atoms with van der Waals surface area (Å²) in [4.78, 5) is 4.32. The van der Waals surface area contributed by atoms with Crippen molar-refractivity contribution in [1.82, 2.24) is 4.98 Å². The largest absolute Gasteiger partial charge is 0.467 e. The van der Waals surface area contributed by atoms with Crippen LogP contribution in [0.3, 0.4) is 0 Å². The number of nitrogen functional groups attached to an aromatic ring is 1. The highest BCUT2D eigenvalue weighted by molar-refractivity contribution is 5.86. The van der Waals surface area contributed by atoms with Crippen molar-refractivity contribution in [3.8, 4) is 0 Å². The number of nitrogens with zero attached hydrogens (tertiary/aromatic N) is 1. The minimum absolute atomic E-state index is 0.0192. The zero-order valence-electron chi connectivity index (χ0n) is 9.88. The van der Waals surface area contributed by atoms with Crippen LogP contribution in [0.5, 0.6) is 0 Å². The van der Waals surface area contributed by atoms with Gasteiger partial charge in [0, 0.05) is 0 Å². The Bertz CT molecular complexity index is 658. The molecule has 0 amide bonds. The standard InChI is InChI=1S/C13H13N3O2/c1-8(10-6-3-7-17-10)15-13-16-12-9(14)4-2-5-11(12)18-13/h2-8H,14H2,1H3,(H,15,16). The number of nitrogens with one attached hydrogen (secondary N) is 1. The van der Waals surface area contributed by atoms with Crippen LogP contribution in [-0.2, 0) is 0 Å². The Labute approximate surface area is 104 Å². The van der Waals surface area contributed by atoms with Crippen LogP contribution in [0.1, 0.15) is 18.7 Å². The van der Waals surface area contributed by atoms with Gasteiger partial charge in [-0.1, -0.05) is 6.07 Å². The molecule has 0 bridgehead atoms. The minimum Gasteiger partial charge on any atom is -0.467 e. The summed E-state index contributed by atoms with van der Waals surface area (Å²) in [5, 5.41) is 3.13. The smallest absolute Gasteiger partial charge is 0.296 e. The molecule has 0 spiro atoms. The van der Waals surface area contributed by atoms with Crippen LogP contribution in [0.15, 0.2) is 45.4 Å². The third-order valence-corrected chi connectivity index (χ3v) is 2.76. The fourth-order valence-corrected chi connectivity index (χ4v) is 1.83. The van der Waals surface area contributed by atoms with Gasteiger partial charge in [0.1, 0.15) is 11.3 Å². The number of fused-ring (bicyclic) bond motifs is 1. The van der Waals surface area contributed by atoms with Crippen LogP contribution >= 0.6 is 0 Å². The van der Waals surface area contributed by atoms with E-state index in [9.17, 15) is 0 Å². The van der Waals surface area contributed by atoms with Crippen molar-refractivity contribution < 1.29 is 8.83 Å². The predicted octanol–water partition coefficient (Wildman–Crippen LogP) is 3.18. The number of furan rings is 1. The van der Waals surface area contributed by atoms with Crippen molar-refractivity contribution in [2.45, 2.75) is 13.0 Å². The molecule has 1 atom stereocenters. The van der Waals surface area contributed by atoms with Crippen LogP contribution in [0.25, 0.3) is 11.1 Å². The Morgan fingerprint density at radius 1 is 1.28 bits per heavy atom. The van der Waals surface area contributed by atoms with Gasteiger partial charge in [-0.25, -0.2) is 0 Å². The number of anilines is 2. The fraction of sp³-hybridized carbons (Fsp3) is 0.154. The first kappa shape index (κ1) is 10.7. The SMILES string of the molecule is CC(Nc1nc2c(N)cccc2o1)c1ccco1. The minimum atomic E-state index is -0.0192. The Kier molecular flexibility index (Phi) is 2.44. The lowest BCUT2D eigenvalue weighted by atomic mass is 10.2. The maximum atomic E-state index is 5.83. The van der Waals surface area contributed by atoms with Gasteiger partial charge in [0.15, 0.2) is 5.58 Å². The Hall–Kier alpha value is -2.43. The fourth-order valence-electron chi connectivity index (χ4n) is 1.83. The second-order valence-corrected chi connectivity index (χ2v) is 4.09. The first-order valence-corrected chi connectivity index (χ1v) is 5.69. The lowest BCUT2D eigenvalue weighted by molar-refractivity contribution is 0.483. The van der Waals surface area contributed by atoms with E-state index >= 15 is 0 Å². The molecule has 5 nitrogen and oxygen atoms in total. The van der Waals surface area contributed by atoms with Gasteiger partial charge >= 0.3 is 0 Å². The van der Waals surface area contributed by atoms with Crippen molar-refractivity contribution in [3.05, 3.63) is 42.4 Å². The molecule has 0 saturated carbocycles. The van der Waals surface area contributed by atoms with Crippen LogP contribution in [0, 0.1) is 0 Å². The molecule has 0 aliphatic carbocycles. The Balaban J connectivity index is 1.89. The van der Waals surface area contributed by atoms with Gasteiger partial charge in [0.2, 0.25) is 0 Å². The topological polar surface area (TPSA) is 77.2 Å². The molecule has 0 saturated heterocycles. The van der Waals surface area contributed by atoms with Gasteiger partial charge in [-0.3, -0.25) is 0 Å². The van der Waals surface area contributed by atoms with E-state index in [0.717, 1.165) is 5.76 Å². The molecule has 3 N–H and O–H groups in total. The quantitative estimate of drug-likeness (QED) is 0.691. The summed E-state index contributed by atoms with van der Waals surface area (Å²) in [6, 6.07) is 9.63. The van der Waals surface area contributed by atoms with E-state index in [4.69, 9.17) is 14.6 Å². The van der Waals surface area contributed by atoms with Crippen LogP contribution in [0.2, 0.25) is 0 Å². The summed E-state index contributed by atoms with van der Waals surface area (Å²) in [6.07, 6.45) is 1.64. The van der Waals surface area contributed by atoms with Crippen LogP contribution in [-0.4, -0.2) is 4.98 Å². The van der Waals surface area contributed by atoms with E-state index in [0.29, 0.717) is 22.8 Å². The summed E-state index contributed by atoms with van der Waals surface area (Å²) in [6.45, 7) is 1.97. The molecule has 18 heavy (non-hydrogen) atoms. The molecule has 0 radical (unpaired) electrons. The molecular formula is C13H13N3O2. The number of nitrogens with two attached hydrogens (primary N) is 1. The van der Waals surface area contributed by atoms with Crippen molar-refractivity contribution >= 4 is 22.8 Å². The molecule has 92 valence electrons. The van der Waals surface area contributed by atoms with Crippen molar-refractivity contribution in [3.63, 3.8) is 0 Å². The zero-order valence-corrected chi connectivity index (χ0v) is 9.88. The Morgan fingerprint density at radius 2 is 2.17 bits per heavy atom. The van der Waals surface area contributed by atoms with Crippen LogP contribution < -0.4 is 11.1 Å². The third kappa shape index (κ3) is 1.79. The summed E-state index contributed by atoms with van der Waals surface area (Å²) >= 11 is 0. The lowest BCUT2D eigenvalue weighted by Gasteiger charge is -2.07. The van der Waals surface area contributed by atoms with E-state index in [-0.39, 0.29) is 6.04 Å². The monoisotopic (exact) mass is 243 g/mol. The number of oxazole rings is 1. The highest BCUT2D eigenvalue weighted by Gasteiger charge is 2.13. The number of benzene rings is 1. The van der Waals surface area contributed by atoms with Crippen molar-refractivity contribution in [1.29, 1.82) is 0 Å². The molecule has 0 fully saturated rings. The first-order chi connectivity index (χ1) is 8.74. The molecule has 1 aromatic carbocycles. The molecule has 0 aliphatic heterocycles. The molecule has 0 aliphatic rings. The van der Waals surface area contributed by atoms with E-state index in [1.54, 1.807) is 12.3 Å². The predicted molar refractivity (Wildman–Crippen MR) is 69.2 cm³/mol. The second kappa shape index (κ2) is 4.10. The third-order valence-electron chi connectivity index (χ3n) is 2.76. The van der Waals surface area contributed by atoms with E-state index in [2.05, 4.69) is 10.3 Å². The lowest BCUT2D eigenvalue weighted by Crippen LogP contribution is -2.05. The van der Waals surface area contributed by atoms with E-state index < -0.39 is 0 Å². The summed E-state index contributed by atoms with van der Waals surface area (Å²) in [5.41, 5.74) is 7.78. The summed E-state index contributed by atoms with van der Waals surface area (Å²) in [5.74, 6) is 0.824. The summed E-state index contributed by atoms with van der Waals surface area (Å²) < 4.78 is 10.9. The molecule has 3 rings (SSSR count). The van der Waals surface area contributed by atoms with Gasteiger partial charge in [-0.2, -0.15) is 4.98 Å². The molecule has 3 aromatic rings. The van der Waals surface area contributed by atoms with Gasteiger partial charge < -0.3 is 19.9 Å². The molecule has 2 aromatic heterocycles. The van der Waals surface area contributed by atoms with Gasteiger partial charge in [-0.15, -0.1) is 0 Å². The van der Waals surface area contributed by atoms with E-state index in [1.165, 1.54) is 0 Å². The first-order valence-electron chi connectivity index (χ1n) is 5.69. The van der Waals surface area contributed by atoms with Crippen molar-refractivity contribution in [2.24, 2.45) is 0 Å². The zero-order chi connectivity index (χ0) is 12.5.